The Balaban J connectivity index is 1.11. The van der Waals surface area contributed by atoms with Gasteiger partial charge in [0.05, 0.1) is 49.5 Å². The topological polar surface area (TPSA) is 253 Å². The van der Waals surface area contributed by atoms with E-state index in [9.17, 15) is 39.0 Å². The average Bonchev–Trinajstić information content (AvgIpc) is 3.25. The van der Waals surface area contributed by atoms with E-state index in [4.69, 9.17) is 14.2 Å². The Labute approximate surface area is 372 Å². The minimum atomic E-state index is -1.52. The lowest BCUT2D eigenvalue weighted by Crippen LogP contribution is -2.64. The van der Waals surface area contributed by atoms with Crippen molar-refractivity contribution in [3.63, 3.8) is 0 Å². The molecule has 6 rings (SSSR count). The number of carbonyl (C=O) groups excluding carboxylic acids is 3. The van der Waals surface area contributed by atoms with Crippen LogP contribution in [0.3, 0.4) is 0 Å². The number of urea groups is 1. The summed E-state index contributed by atoms with van der Waals surface area (Å²) >= 11 is 0. The van der Waals surface area contributed by atoms with Crippen LogP contribution in [0.4, 0.5) is 33.4 Å². The molecule has 1 aliphatic heterocycles. The van der Waals surface area contributed by atoms with Crippen LogP contribution in [-0.4, -0.2) is 117 Å². The van der Waals surface area contributed by atoms with Crippen molar-refractivity contribution in [3.8, 4) is 23.0 Å². The van der Waals surface area contributed by atoms with E-state index in [1.807, 2.05) is 57.2 Å². The number of methoxy groups -OCH3 is 2. The Morgan fingerprint density at radius 3 is 2.27 bits per heavy atom. The number of pyridine rings is 1. The van der Waals surface area contributed by atoms with Crippen molar-refractivity contribution < 1.29 is 53.2 Å². The van der Waals surface area contributed by atoms with E-state index in [-0.39, 0.29) is 36.2 Å². The van der Waals surface area contributed by atoms with Crippen LogP contribution in [0.15, 0.2) is 85.1 Å². The molecule has 0 radical (unpaired) electrons. The van der Waals surface area contributed by atoms with Crippen molar-refractivity contribution in [2.24, 2.45) is 0 Å². The highest BCUT2D eigenvalue weighted by atomic mass is 32.2. The van der Waals surface area contributed by atoms with Crippen LogP contribution >= 0.6 is 0 Å². The second-order valence-electron chi connectivity index (χ2n) is 16.0. The first-order valence-electron chi connectivity index (χ1n) is 20.2. The summed E-state index contributed by atoms with van der Waals surface area (Å²) in [5.74, 6) is 0.914. The maximum Gasteiger partial charge on any atom is 0.323 e. The number of hydrogen-bond donors (Lipinski definition) is 9. The minimum Gasteiger partial charge on any atom is -0.496 e. The zero-order chi connectivity index (χ0) is 46.3. The Hall–Kier alpha value is -6.51. The van der Waals surface area contributed by atoms with Crippen molar-refractivity contribution in [2.75, 3.05) is 60.8 Å². The zero-order valence-electron chi connectivity index (χ0n) is 36.2. The van der Waals surface area contributed by atoms with Gasteiger partial charge in [0.25, 0.3) is 5.91 Å². The lowest BCUT2D eigenvalue weighted by Gasteiger charge is -2.43. The van der Waals surface area contributed by atoms with Gasteiger partial charge in [-0.1, -0.05) is 45.0 Å². The Bertz CT molecular complexity index is 2540. The average molecular weight is 900 g/mol. The highest BCUT2D eigenvalue weighted by Crippen LogP contribution is 2.40. The number of hydrogen-bond acceptors (Lipinski definition) is 13. The van der Waals surface area contributed by atoms with Crippen LogP contribution in [0.2, 0.25) is 0 Å². The molecule has 1 saturated heterocycles. The number of piperidine rings is 1. The summed E-state index contributed by atoms with van der Waals surface area (Å²) in [5.41, 5.74) is 2.74. The van der Waals surface area contributed by atoms with Gasteiger partial charge in [-0.15, -0.1) is 0 Å². The number of fused-ring (bicyclic) bond motifs is 1. The van der Waals surface area contributed by atoms with Gasteiger partial charge in [-0.05, 0) is 53.4 Å². The number of aliphatic hydroxyl groups is 4. The smallest absolute Gasteiger partial charge is 0.323 e. The van der Waals surface area contributed by atoms with Gasteiger partial charge in [0.1, 0.15) is 52.4 Å². The van der Waals surface area contributed by atoms with Gasteiger partial charge in [-0.2, -0.15) is 0 Å². The molecule has 0 spiro atoms. The second kappa shape index (κ2) is 20.3. The molecule has 340 valence electrons. The van der Waals surface area contributed by atoms with E-state index >= 15 is 0 Å². The number of rotatable bonds is 15. The van der Waals surface area contributed by atoms with E-state index in [1.165, 1.54) is 20.5 Å². The molecule has 18 nitrogen and oxygen atoms in total. The number of likely N-dealkylation sites (tertiary alicyclic amines) is 1. The molecule has 64 heavy (non-hydrogen) atoms. The third-order valence-corrected chi connectivity index (χ3v) is 11.0. The number of aliphatic hydroxyl groups excluding tert-OH is 4. The van der Waals surface area contributed by atoms with Crippen LogP contribution in [0.5, 0.6) is 23.0 Å². The van der Waals surface area contributed by atoms with Crippen molar-refractivity contribution in [1.29, 1.82) is 0 Å². The Kier molecular flexibility index (Phi) is 14.9. The number of nitrogens with zero attached hydrogens (tertiary/aromatic N) is 2. The predicted molar refractivity (Wildman–Crippen MR) is 244 cm³/mol. The molecule has 4 aromatic carbocycles. The van der Waals surface area contributed by atoms with Crippen LogP contribution in [0, 0.1) is 0 Å². The third kappa shape index (κ3) is 11.0. The zero-order valence-corrected chi connectivity index (χ0v) is 37.0. The van der Waals surface area contributed by atoms with Crippen LogP contribution < -0.4 is 40.2 Å². The van der Waals surface area contributed by atoms with E-state index < -0.39 is 59.8 Å². The molecule has 4 amide bonds. The molecule has 19 heteroatoms. The molecule has 5 aromatic rings. The van der Waals surface area contributed by atoms with Crippen LogP contribution in [-0.2, 0) is 21.2 Å². The van der Waals surface area contributed by atoms with Crippen molar-refractivity contribution in [3.05, 3.63) is 96.2 Å². The van der Waals surface area contributed by atoms with E-state index in [2.05, 4.69) is 31.0 Å². The number of nitrogens with one attached hydrogen (secondary N) is 5. The summed E-state index contributed by atoms with van der Waals surface area (Å²) in [6.45, 7) is 5.13. The third-order valence-electron chi connectivity index (χ3n) is 10.5. The summed E-state index contributed by atoms with van der Waals surface area (Å²) in [5, 5.41) is 53.0. The molecular formula is C45H53N7O11S. The van der Waals surface area contributed by atoms with Crippen molar-refractivity contribution >= 4 is 68.2 Å². The predicted octanol–water partition coefficient (Wildman–Crippen LogP) is 4.84. The van der Waals surface area contributed by atoms with Gasteiger partial charge in [0.15, 0.2) is 5.75 Å². The normalized spacial score (nSPS) is 17.8. The van der Waals surface area contributed by atoms with E-state index in [0.717, 1.165) is 15.8 Å². The molecule has 9 N–H and O–H groups in total. The number of ether oxygens (including phenoxy) is 3. The van der Waals surface area contributed by atoms with E-state index in [1.54, 1.807) is 48.7 Å². The highest BCUT2D eigenvalue weighted by molar-refractivity contribution is 7.85. The molecule has 1 aliphatic rings. The second-order valence-corrected chi connectivity index (χ2v) is 17.1. The SMILES string of the molecule is COc1cc(Nc2cc(Oc3ccc(NC(=O)Nc4cc(C(C)(C)C)cc(NS(C)=O)c4OC)c4ccccc34)ccn2)ccc1C(=O)NCCC(=O)N1C[C@H](O)[C@@H](O)[C@H](O)[C@H]1CO. The molecule has 5 atom stereocenters. The van der Waals surface area contributed by atoms with Gasteiger partial charge in [0.2, 0.25) is 5.91 Å². The molecule has 0 bridgehead atoms. The standard InChI is InChI=1S/C45H53N7O11S/c1-45(2,3)25-19-32(42(62-5)33(20-25)51-64(6)60)50-44(59)49-31-13-14-36(29-10-8-7-9-28(29)31)63-27-15-17-46-38(22-27)48-26-11-12-30(37(21-26)61-4)43(58)47-18-16-39(55)52-23-35(54)41(57)40(56)34(52)24-53/h7-15,17,19-22,34-35,40-41,51,53-54,56-57H,16,18,23-24H2,1-6H3,(H,46,48)(H,47,58)(H2,49,50,59)/t34-,35+,40-,41-,64?/m1/s1. The molecular weight excluding hydrogens is 847 g/mol. The number of aromatic nitrogens is 1. The molecule has 2 heterocycles. The summed E-state index contributed by atoms with van der Waals surface area (Å²) in [6, 6.07) is 21.2. The fourth-order valence-electron chi connectivity index (χ4n) is 7.22. The fraction of sp³-hybridized carbons (Fsp3) is 0.333. The first kappa shape index (κ1) is 47.0. The Morgan fingerprint density at radius 1 is 0.859 bits per heavy atom. The van der Waals surface area contributed by atoms with Crippen molar-refractivity contribution in [2.45, 2.75) is 57.0 Å². The molecule has 1 fully saturated rings. The number of carbonyl (C=O) groups is 3. The van der Waals surface area contributed by atoms with Crippen LogP contribution in [0.1, 0.15) is 43.1 Å². The summed E-state index contributed by atoms with van der Waals surface area (Å²) in [6.07, 6.45) is -1.52. The first-order chi connectivity index (χ1) is 30.5. The highest BCUT2D eigenvalue weighted by Gasteiger charge is 2.42. The number of anilines is 5. The molecule has 1 aromatic heterocycles. The molecule has 0 saturated carbocycles. The molecule has 0 aliphatic carbocycles. The van der Waals surface area contributed by atoms with Gasteiger partial charge in [0, 0.05) is 60.6 Å². The number of amides is 4. The largest absolute Gasteiger partial charge is 0.496 e. The summed E-state index contributed by atoms with van der Waals surface area (Å²) in [7, 11) is 1.50. The summed E-state index contributed by atoms with van der Waals surface area (Å²) in [4.78, 5) is 45.0. The van der Waals surface area contributed by atoms with Gasteiger partial charge < -0.3 is 65.5 Å². The quantitative estimate of drug-likeness (QED) is 0.0683. The maximum atomic E-state index is 13.5. The van der Waals surface area contributed by atoms with E-state index in [0.29, 0.717) is 51.2 Å². The maximum absolute atomic E-state index is 13.5. The van der Waals surface area contributed by atoms with Gasteiger partial charge in [-0.3, -0.25) is 9.59 Å². The number of β-amino-alcohol motifs (C(OH)–C–C–N with tert-alkyl or cyclic N) is 1. The summed E-state index contributed by atoms with van der Waals surface area (Å²) < 4.78 is 32.5. The lowest BCUT2D eigenvalue weighted by atomic mass is 9.86. The van der Waals surface area contributed by atoms with Crippen molar-refractivity contribution in [1.82, 2.24) is 15.2 Å². The monoisotopic (exact) mass is 899 g/mol. The number of benzene rings is 4. The lowest BCUT2D eigenvalue weighted by molar-refractivity contribution is -0.166. The Morgan fingerprint density at radius 2 is 1.58 bits per heavy atom. The first-order valence-corrected chi connectivity index (χ1v) is 21.8. The fourth-order valence-corrected chi connectivity index (χ4v) is 7.69. The van der Waals surface area contributed by atoms with Gasteiger partial charge >= 0.3 is 6.03 Å². The minimum absolute atomic E-state index is 0.0865. The van der Waals surface area contributed by atoms with Crippen LogP contribution in [0.25, 0.3) is 10.8 Å². The van der Waals surface area contributed by atoms with Gasteiger partial charge in [-0.25, -0.2) is 14.0 Å². The molecule has 1 unspecified atom stereocenters.